The lowest BCUT2D eigenvalue weighted by Gasteiger charge is -2.21. The Labute approximate surface area is 106 Å². The van der Waals surface area contributed by atoms with Crippen molar-refractivity contribution in [1.82, 2.24) is 9.55 Å². The summed E-state index contributed by atoms with van der Waals surface area (Å²) >= 11 is 0. The standard InChI is InChI=1S/C14H17N3O/c15-14-16-10-3-1-2-4-11(10)17(14)12-7-8-18-13(12)9-5-6-9/h1-4,9,12-13H,5-8H2,(H2,15,16). The third-order valence-electron chi connectivity index (χ3n) is 4.14. The predicted molar refractivity (Wildman–Crippen MR) is 70.3 cm³/mol. The lowest BCUT2D eigenvalue weighted by molar-refractivity contribution is 0.0762. The van der Waals surface area contributed by atoms with E-state index in [9.17, 15) is 0 Å². The Hall–Kier alpha value is -1.55. The predicted octanol–water partition coefficient (Wildman–Crippen LogP) is 2.36. The SMILES string of the molecule is Nc1nc2ccccc2n1C1CCOC1C1CC1. The first kappa shape index (κ1) is 10.4. The molecule has 4 heteroatoms. The fourth-order valence-corrected chi connectivity index (χ4v) is 3.16. The number of nitrogens with two attached hydrogens (primary N) is 1. The molecular formula is C14H17N3O. The molecule has 2 aliphatic rings. The molecule has 2 aromatic rings. The second kappa shape index (κ2) is 3.72. The van der Waals surface area contributed by atoms with Crippen molar-refractivity contribution in [3.8, 4) is 0 Å². The van der Waals surface area contributed by atoms with E-state index in [1.807, 2.05) is 18.2 Å². The van der Waals surface area contributed by atoms with Crippen LogP contribution in [0.5, 0.6) is 0 Å². The average molecular weight is 243 g/mol. The minimum absolute atomic E-state index is 0.338. The Balaban J connectivity index is 1.83. The number of rotatable bonds is 2. The van der Waals surface area contributed by atoms with Crippen LogP contribution in [-0.2, 0) is 4.74 Å². The van der Waals surface area contributed by atoms with E-state index < -0.39 is 0 Å². The monoisotopic (exact) mass is 243 g/mol. The van der Waals surface area contributed by atoms with E-state index in [1.54, 1.807) is 0 Å². The molecule has 18 heavy (non-hydrogen) atoms. The second-order valence-electron chi connectivity index (χ2n) is 5.36. The van der Waals surface area contributed by atoms with Crippen LogP contribution in [0.4, 0.5) is 5.95 Å². The summed E-state index contributed by atoms with van der Waals surface area (Å²) in [5, 5.41) is 0. The van der Waals surface area contributed by atoms with Crippen molar-refractivity contribution in [3.05, 3.63) is 24.3 Å². The molecule has 94 valence electrons. The molecule has 1 aliphatic heterocycles. The fraction of sp³-hybridized carbons (Fsp3) is 0.500. The molecule has 1 aromatic carbocycles. The number of para-hydroxylation sites is 2. The van der Waals surface area contributed by atoms with Crippen LogP contribution < -0.4 is 5.73 Å². The first-order chi connectivity index (χ1) is 8.84. The molecule has 0 radical (unpaired) electrons. The summed E-state index contributed by atoms with van der Waals surface area (Å²) in [7, 11) is 0. The van der Waals surface area contributed by atoms with Crippen molar-refractivity contribution in [2.24, 2.45) is 5.92 Å². The molecule has 1 aromatic heterocycles. The van der Waals surface area contributed by atoms with Gasteiger partial charge in [-0.1, -0.05) is 12.1 Å². The molecule has 1 saturated heterocycles. The van der Waals surface area contributed by atoms with E-state index in [1.165, 1.54) is 12.8 Å². The third-order valence-corrected chi connectivity index (χ3v) is 4.14. The van der Waals surface area contributed by atoms with Gasteiger partial charge < -0.3 is 15.0 Å². The number of nitrogens with zero attached hydrogens (tertiary/aromatic N) is 2. The number of anilines is 1. The summed E-state index contributed by atoms with van der Waals surface area (Å²) in [5.74, 6) is 1.36. The highest BCUT2D eigenvalue weighted by Crippen LogP contribution is 2.44. The molecular weight excluding hydrogens is 226 g/mol. The second-order valence-corrected chi connectivity index (χ2v) is 5.36. The molecule has 0 bridgehead atoms. The number of benzene rings is 1. The van der Waals surface area contributed by atoms with Crippen molar-refractivity contribution < 1.29 is 4.74 Å². The molecule has 0 amide bonds. The number of hydrogen-bond donors (Lipinski definition) is 1. The van der Waals surface area contributed by atoms with Crippen LogP contribution in [0.25, 0.3) is 11.0 Å². The van der Waals surface area contributed by atoms with Crippen LogP contribution in [0.1, 0.15) is 25.3 Å². The van der Waals surface area contributed by atoms with Gasteiger partial charge in [-0.05, 0) is 37.3 Å². The van der Waals surface area contributed by atoms with Crippen molar-refractivity contribution in [2.45, 2.75) is 31.4 Å². The van der Waals surface area contributed by atoms with Gasteiger partial charge in [0.15, 0.2) is 0 Å². The van der Waals surface area contributed by atoms with Gasteiger partial charge in [0.2, 0.25) is 5.95 Å². The van der Waals surface area contributed by atoms with E-state index >= 15 is 0 Å². The molecule has 1 saturated carbocycles. The molecule has 2 unspecified atom stereocenters. The first-order valence-electron chi connectivity index (χ1n) is 6.68. The average Bonchev–Trinajstić information content (AvgIpc) is 3.01. The number of nitrogen functional groups attached to an aromatic ring is 1. The van der Waals surface area contributed by atoms with Crippen LogP contribution in [0.15, 0.2) is 24.3 Å². The van der Waals surface area contributed by atoms with Crippen LogP contribution in [0.3, 0.4) is 0 Å². The third kappa shape index (κ3) is 1.45. The van der Waals surface area contributed by atoms with Gasteiger partial charge in [0.1, 0.15) is 0 Å². The normalized spacial score (nSPS) is 28.0. The molecule has 4 nitrogen and oxygen atoms in total. The van der Waals surface area contributed by atoms with Crippen LogP contribution >= 0.6 is 0 Å². The van der Waals surface area contributed by atoms with E-state index in [2.05, 4.69) is 15.6 Å². The fourth-order valence-electron chi connectivity index (χ4n) is 3.16. The topological polar surface area (TPSA) is 53.1 Å². The van der Waals surface area contributed by atoms with Crippen LogP contribution in [0, 0.1) is 5.92 Å². The zero-order chi connectivity index (χ0) is 12.1. The zero-order valence-corrected chi connectivity index (χ0v) is 10.2. The number of hydrogen-bond acceptors (Lipinski definition) is 3. The van der Waals surface area contributed by atoms with E-state index in [4.69, 9.17) is 10.5 Å². The van der Waals surface area contributed by atoms with Gasteiger partial charge >= 0.3 is 0 Å². The first-order valence-corrected chi connectivity index (χ1v) is 6.68. The molecule has 2 atom stereocenters. The zero-order valence-electron chi connectivity index (χ0n) is 10.2. The highest BCUT2D eigenvalue weighted by atomic mass is 16.5. The Bertz CT molecular complexity index is 588. The maximum absolute atomic E-state index is 6.11. The number of ether oxygens (including phenoxy) is 1. The van der Waals surface area contributed by atoms with Crippen molar-refractivity contribution in [2.75, 3.05) is 12.3 Å². The summed E-state index contributed by atoms with van der Waals surface area (Å²) in [6.45, 7) is 0.845. The van der Waals surface area contributed by atoms with Gasteiger partial charge in [-0.15, -0.1) is 0 Å². The molecule has 1 aliphatic carbocycles. The molecule has 2 N–H and O–H groups in total. The van der Waals surface area contributed by atoms with Crippen LogP contribution in [-0.4, -0.2) is 22.3 Å². The maximum atomic E-state index is 6.11. The van der Waals surface area contributed by atoms with Crippen LogP contribution in [0.2, 0.25) is 0 Å². The van der Waals surface area contributed by atoms with Crippen molar-refractivity contribution in [1.29, 1.82) is 0 Å². The summed E-state index contributed by atoms with van der Waals surface area (Å²) in [6.07, 6.45) is 3.98. The van der Waals surface area contributed by atoms with Gasteiger partial charge in [-0.2, -0.15) is 0 Å². The van der Waals surface area contributed by atoms with E-state index in [-0.39, 0.29) is 0 Å². The molecule has 0 spiro atoms. The molecule has 4 rings (SSSR count). The lowest BCUT2D eigenvalue weighted by atomic mass is 10.1. The Morgan fingerprint density at radius 2 is 2.06 bits per heavy atom. The van der Waals surface area contributed by atoms with Crippen molar-refractivity contribution >= 4 is 17.0 Å². The maximum Gasteiger partial charge on any atom is 0.201 e. The molecule has 2 fully saturated rings. The quantitative estimate of drug-likeness (QED) is 0.881. The number of imidazole rings is 1. The van der Waals surface area contributed by atoms with E-state index in [0.717, 1.165) is 30.0 Å². The van der Waals surface area contributed by atoms with Gasteiger partial charge in [0.05, 0.1) is 23.2 Å². The van der Waals surface area contributed by atoms with Gasteiger partial charge in [-0.25, -0.2) is 4.98 Å². The minimum Gasteiger partial charge on any atom is -0.376 e. The van der Waals surface area contributed by atoms with Gasteiger partial charge in [0.25, 0.3) is 0 Å². The van der Waals surface area contributed by atoms with Crippen molar-refractivity contribution in [3.63, 3.8) is 0 Å². The number of fused-ring (bicyclic) bond motifs is 1. The Kier molecular flexibility index (Phi) is 2.14. The minimum atomic E-state index is 0.338. The van der Waals surface area contributed by atoms with Gasteiger partial charge in [-0.3, -0.25) is 0 Å². The lowest BCUT2D eigenvalue weighted by Crippen LogP contribution is -2.23. The Morgan fingerprint density at radius 1 is 1.22 bits per heavy atom. The highest BCUT2D eigenvalue weighted by molar-refractivity contribution is 5.78. The smallest absolute Gasteiger partial charge is 0.201 e. The summed E-state index contributed by atoms with van der Waals surface area (Å²) in [4.78, 5) is 4.46. The highest BCUT2D eigenvalue weighted by Gasteiger charge is 2.42. The van der Waals surface area contributed by atoms with Gasteiger partial charge in [0, 0.05) is 6.61 Å². The van der Waals surface area contributed by atoms with E-state index in [0.29, 0.717) is 18.1 Å². The summed E-state index contributed by atoms with van der Waals surface area (Å²) in [5.41, 5.74) is 8.23. The number of aromatic nitrogens is 2. The largest absolute Gasteiger partial charge is 0.376 e. The summed E-state index contributed by atoms with van der Waals surface area (Å²) < 4.78 is 8.10. The summed E-state index contributed by atoms with van der Waals surface area (Å²) in [6, 6.07) is 8.53. The Morgan fingerprint density at radius 3 is 2.89 bits per heavy atom. The molecule has 2 heterocycles.